The van der Waals surface area contributed by atoms with E-state index < -0.39 is 17.8 Å². The SMILES string of the molecule is Cc1ccc(F)cc1C(=O)Nc1ccccc1C(C)O. The molecule has 0 bridgehead atoms. The number of para-hydroxylation sites is 1. The largest absolute Gasteiger partial charge is 0.389 e. The maximum Gasteiger partial charge on any atom is 0.256 e. The molecular formula is C16H16FNO2. The molecule has 20 heavy (non-hydrogen) atoms. The third kappa shape index (κ3) is 3.03. The van der Waals surface area contributed by atoms with E-state index in [1.54, 1.807) is 44.2 Å². The van der Waals surface area contributed by atoms with Crippen LogP contribution < -0.4 is 5.32 Å². The van der Waals surface area contributed by atoms with Crippen LogP contribution in [0.3, 0.4) is 0 Å². The van der Waals surface area contributed by atoms with Crippen LogP contribution in [0.4, 0.5) is 10.1 Å². The lowest BCUT2D eigenvalue weighted by Crippen LogP contribution is -2.15. The molecule has 4 heteroatoms. The molecule has 0 aliphatic heterocycles. The number of rotatable bonds is 3. The second-order valence-corrected chi connectivity index (χ2v) is 4.68. The highest BCUT2D eigenvalue weighted by molar-refractivity contribution is 6.05. The van der Waals surface area contributed by atoms with Gasteiger partial charge in [0.05, 0.1) is 6.10 Å². The van der Waals surface area contributed by atoms with Crippen molar-refractivity contribution in [2.45, 2.75) is 20.0 Å². The fourth-order valence-electron chi connectivity index (χ4n) is 2.00. The molecule has 0 heterocycles. The molecule has 1 amide bonds. The first-order valence-corrected chi connectivity index (χ1v) is 6.33. The summed E-state index contributed by atoms with van der Waals surface area (Å²) < 4.78 is 13.2. The van der Waals surface area contributed by atoms with Crippen molar-refractivity contribution >= 4 is 11.6 Å². The summed E-state index contributed by atoms with van der Waals surface area (Å²) >= 11 is 0. The summed E-state index contributed by atoms with van der Waals surface area (Å²) in [6.07, 6.45) is -0.694. The summed E-state index contributed by atoms with van der Waals surface area (Å²) in [5, 5.41) is 12.4. The van der Waals surface area contributed by atoms with Crippen molar-refractivity contribution in [2.24, 2.45) is 0 Å². The van der Waals surface area contributed by atoms with Crippen molar-refractivity contribution in [3.63, 3.8) is 0 Å². The van der Waals surface area contributed by atoms with Crippen LogP contribution in [0.5, 0.6) is 0 Å². The highest BCUT2D eigenvalue weighted by atomic mass is 19.1. The number of anilines is 1. The molecule has 1 atom stereocenters. The Morgan fingerprint density at radius 2 is 1.95 bits per heavy atom. The van der Waals surface area contributed by atoms with Crippen LogP contribution in [0.1, 0.15) is 34.5 Å². The number of carbonyl (C=O) groups excluding carboxylic acids is 1. The van der Waals surface area contributed by atoms with E-state index in [0.29, 0.717) is 16.8 Å². The van der Waals surface area contributed by atoms with Gasteiger partial charge in [0.25, 0.3) is 5.91 Å². The molecule has 0 saturated heterocycles. The van der Waals surface area contributed by atoms with Gasteiger partial charge in [0.1, 0.15) is 5.82 Å². The molecule has 0 fully saturated rings. The topological polar surface area (TPSA) is 49.3 Å². The smallest absolute Gasteiger partial charge is 0.256 e. The number of aryl methyl sites for hydroxylation is 1. The van der Waals surface area contributed by atoms with Crippen molar-refractivity contribution in [2.75, 3.05) is 5.32 Å². The van der Waals surface area contributed by atoms with E-state index in [2.05, 4.69) is 5.32 Å². The quantitative estimate of drug-likeness (QED) is 0.900. The highest BCUT2D eigenvalue weighted by Gasteiger charge is 2.13. The predicted octanol–water partition coefficient (Wildman–Crippen LogP) is 3.44. The van der Waals surface area contributed by atoms with E-state index in [1.807, 2.05) is 0 Å². The Morgan fingerprint density at radius 3 is 2.65 bits per heavy atom. The van der Waals surface area contributed by atoms with Gasteiger partial charge in [-0.3, -0.25) is 4.79 Å². The minimum atomic E-state index is -0.694. The zero-order chi connectivity index (χ0) is 14.7. The van der Waals surface area contributed by atoms with Gasteiger partial charge in [-0.05, 0) is 37.6 Å². The average molecular weight is 273 g/mol. The summed E-state index contributed by atoms with van der Waals surface area (Å²) in [4.78, 5) is 12.2. The van der Waals surface area contributed by atoms with E-state index in [1.165, 1.54) is 12.1 Å². The lowest BCUT2D eigenvalue weighted by Gasteiger charge is -2.13. The second kappa shape index (κ2) is 5.84. The zero-order valence-electron chi connectivity index (χ0n) is 11.4. The Morgan fingerprint density at radius 1 is 1.25 bits per heavy atom. The first kappa shape index (κ1) is 14.2. The Balaban J connectivity index is 2.31. The van der Waals surface area contributed by atoms with Crippen LogP contribution >= 0.6 is 0 Å². The summed E-state index contributed by atoms with van der Waals surface area (Å²) in [5.74, 6) is -0.848. The van der Waals surface area contributed by atoms with E-state index in [-0.39, 0.29) is 5.56 Å². The van der Waals surface area contributed by atoms with Crippen LogP contribution in [-0.4, -0.2) is 11.0 Å². The van der Waals surface area contributed by atoms with E-state index in [4.69, 9.17) is 0 Å². The maximum absolute atomic E-state index is 13.2. The first-order valence-electron chi connectivity index (χ1n) is 6.33. The van der Waals surface area contributed by atoms with Crippen LogP contribution in [0.25, 0.3) is 0 Å². The normalized spacial score (nSPS) is 12.0. The van der Waals surface area contributed by atoms with Crippen LogP contribution in [0, 0.1) is 12.7 Å². The Kier molecular flexibility index (Phi) is 4.15. The molecule has 0 aliphatic rings. The third-order valence-corrected chi connectivity index (χ3v) is 3.10. The molecule has 2 aromatic carbocycles. The van der Waals surface area contributed by atoms with Gasteiger partial charge in [0, 0.05) is 16.8 Å². The van der Waals surface area contributed by atoms with Gasteiger partial charge < -0.3 is 10.4 Å². The average Bonchev–Trinajstić information content (AvgIpc) is 2.41. The molecular weight excluding hydrogens is 257 g/mol. The molecule has 0 spiro atoms. The lowest BCUT2D eigenvalue weighted by molar-refractivity contribution is 0.102. The van der Waals surface area contributed by atoms with E-state index in [0.717, 1.165) is 0 Å². The number of nitrogens with one attached hydrogen (secondary N) is 1. The van der Waals surface area contributed by atoms with Gasteiger partial charge in [0.15, 0.2) is 0 Å². The Labute approximate surface area is 117 Å². The van der Waals surface area contributed by atoms with Gasteiger partial charge in [-0.15, -0.1) is 0 Å². The maximum atomic E-state index is 13.2. The van der Waals surface area contributed by atoms with Crippen molar-refractivity contribution in [3.05, 3.63) is 65.0 Å². The molecule has 2 N–H and O–H groups in total. The molecule has 3 nitrogen and oxygen atoms in total. The number of carbonyl (C=O) groups is 1. The van der Waals surface area contributed by atoms with Crippen molar-refractivity contribution < 1.29 is 14.3 Å². The van der Waals surface area contributed by atoms with E-state index in [9.17, 15) is 14.3 Å². The first-order chi connectivity index (χ1) is 9.49. The minimum absolute atomic E-state index is 0.283. The highest BCUT2D eigenvalue weighted by Crippen LogP contribution is 2.23. The molecule has 0 saturated carbocycles. The molecule has 0 aliphatic carbocycles. The van der Waals surface area contributed by atoms with Gasteiger partial charge in [0.2, 0.25) is 0 Å². The molecule has 2 rings (SSSR count). The summed E-state index contributed by atoms with van der Waals surface area (Å²) in [5.41, 5.74) is 2.12. The number of aliphatic hydroxyl groups excluding tert-OH is 1. The number of amides is 1. The standard InChI is InChI=1S/C16H16FNO2/c1-10-7-8-12(17)9-14(10)16(20)18-15-6-4-3-5-13(15)11(2)19/h3-9,11,19H,1-2H3,(H,18,20). The number of aliphatic hydroxyl groups is 1. The second-order valence-electron chi connectivity index (χ2n) is 4.68. The Hall–Kier alpha value is -2.20. The fraction of sp³-hybridized carbons (Fsp3) is 0.188. The van der Waals surface area contributed by atoms with Crippen LogP contribution in [0.2, 0.25) is 0 Å². The summed E-state index contributed by atoms with van der Waals surface area (Å²) in [6.45, 7) is 3.37. The van der Waals surface area contributed by atoms with Gasteiger partial charge in [-0.2, -0.15) is 0 Å². The molecule has 104 valence electrons. The van der Waals surface area contributed by atoms with Gasteiger partial charge >= 0.3 is 0 Å². The molecule has 0 aromatic heterocycles. The van der Waals surface area contributed by atoms with Crippen LogP contribution in [0.15, 0.2) is 42.5 Å². The molecule has 2 aromatic rings. The molecule has 0 radical (unpaired) electrons. The zero-order valence-corrected chi connectivity index (χ0v) is 11.4. The van der Waals surface area contributed by atoms with Crippen LogP contribution in [-0.2, 0) is 0 Å². The Bertz CT molecular complexity index is 638. The number of hydrogen-bond acceptors (Lipinski definition) is 2. The van der Waals surface area contributed by atoms with E-state index >= 15 is 0 Å². The summed E-state index contributed by atoms with van der Waals surface area (Å²) in [6, 6.07) is 11.1. The third-order valence-electron chi connectivity index (χ3n) is 3.10. The predicted molar refractivity (Wildman–Crippen MR) is 76.2 cm³/mol. The minimum Gasteiger partial charge on any atom is -0.389 e. The number of benzene rings is 2. The van der Waals surface area contributed by atoms with Crippen molar-refractivity contribution in [1.82, 2.24) is 0 Å². The number of halogens is 1. The lowest BCUT2D eigenvalue weighted by atomic mass is 10.1. The summed E-state index contributed by atoms with van der Waals surface area (Å²) in [7, 11) is 0. The van der Waals surface area contributed by atoms with Gasteiger partial charge in [-0.25, -0.2) is 4.39 Å². The van der Waals surface area contributed by atoms with Gasteiger partial charge in [-0.1, -0.05) is 24.3 Å². The fourth-order valence-corrected chi connectivity index (χ4v) is 2.00. The molecule has 1 unspecified atom stereocenters. The number of hydrogen-bond donors (Lipinski definition) is 2. The monoisotopic (exact) mass is 273 g/mol. The van der Waals surface area contributed by atoms with Crippen molar-refractivity contribution in [3.8, 4) is 0 Å². The van der Waals surface area contributed by atoms with Crippen molar-refractivity contribution in [1.29, 1.82) is 0 Å².